The molecule has 2 rings (SSSR count). The molecule has 0 saturated carbocycles. The van der Waals surface area contributed by atoms with Crippen LogP contribution in [0.5, 0.6) is 0 Å². The molecule has 5 nitrogen and oxygen atoms in total. The van der Waals surface area contributed by atoms with Crippen molar-refractivity contribution in [3.8, 4) is 0 Å². The number of hydrogen-bond donors (Lipinski definition) is 1. The summed E-state index contributed by atoms with van der Waals surface area (Å²) in [4.78, 5) is 12.2. The van der Waals surface area contributed by atoms with E-state index in [0.717, 1.165) is 12.1 Å². The van der Waals surface area contributed by atoms with Gasteiger partial charge in [-0.15, -0.1) is 0 Å². The molecular weight excluding hydrogens is 216 g/mol. The van der Waals surface area contributed by atoms with Gasteiger partial charge in [-0.25, -0.2) is 4.52 Å². The third-order valence-electron chi connectivity index (χ3n) is 3.04. The summed E-state index contributed by atoms with van der Waals surface area (Å²) in [6.07, 6.45) is 4.61. The second kappa shape index (κ2) is 4.71. The van der Waals surface area contributed by atoms with Crippen LogP contribution in [0.25, 0.3) is 5.52 Å². The van der Waals surface area contributed by atoms with Gasteiger partial charge in [0.05, 0.1) is 5.69 Å². The van der Waals surface area contributed by atoms with Crippen molar-refractivity contribution in [1.29, 1.82) is 0 Å². The molecule has 0 aliphatic carbocycles. The van der Waals surface area contributed by atoms with Crippen LogP contribution in [-0.2, 0) is 6.54 Å². The fraction of sp³-hybridized carbons (Fsp3) is 0.500. The number of nitrogens with zero attached hydrogens (tertiary/aromatic N) is 3. The third-order valence-corrected chi connectivity index (χ3v) is 3.04. The van der Waals surface area contributed by atoms with Crippen molar-refractivity contribution < 1.29 is 0 Å². The van der Waals surface area contributed by atoms with Gasteiger partial charge in [0.25, 0.3) is 5.56 Å². The standard InChI is InChI=1S/C12H18N4O/c1-4-10(13-3)8-15-5-6-16-11(12(15)17)7-9(2)14-16/h5-7,10,13H,4,8H2,1-3H3. The van der Waals surface area contributed by atoms with E-state index >= 15 is 0 Å². The first-order valence-corrected chi connectivity index (χ1v) is 5.88. The van der Waals surface area contributed by atoms with Crippen LogP contribution in [0.1, 0.15) is 19.0 Å². The van der Waals surface area contributed by atoms with Gasteiger partial charge in [-0.05, 0) is 26.5 Å². The maximum atomic E-state index is 12.2. The molecule has 1 atom stereocenters. The molecule has 0 aliphatic heterocycles. The molecule has 0 spiro atoms. The molecule has 0 fully saturated rings. The zero-order valence-electron chi connectivity index (χ0n) is 10.5. The first kappa shape index (κ1) is 11.9. The van der Waals surface area contributed by atoms with Crippen molar-refractivity contribution in [3.05, 3.63) is 34.5 Å². The van der Waals surface area contributed by atoms with Crippen molar-refractivity contribution in [3.63, 3.8) is 0 Å². The van der Waals surface area contributed by atoms with Crippen LogP contribution in [0.2, 0.25) is 0 Å². The van der Waals surface area contributed by atoms with Gasteiger partial charge < -0.3 is 9.88 Å². The Hall–Kier alpha value is -1.62. The summed E-state index contributed by atoms with van der Waals surface area (Å²) >= 11 is 0. The highest BCUT2D eigenvalue weighted by Crippen LogP contribution is 2.01. The molecule has 0 aliphatic rings. The van der Waals surface area contributed by atoms with Gasteiger partial charge in [0.15, 0.2) is 0 Å². The van der Waals surface area contributed by atoms with Gasteiger partial charge >= 0.3 is 0 Å². The average Bonchev–Trinajstić information content (AvgIpc) is 2.70. The minimum Gasteiger partial charge on any atom is -0.315 e. The molecule has 0 aromatic carbocycles. The van der Waals surface area contributed by atoms with Crippen LogP contribution >= 0.6 is 0 Å². The Bertz CT molecular complexity index is 565. The minimum atomic E-state index is 0.0156. The number of rotatable bonds is 4. The second-order valence-electron chi connectivity index (χ2n) is 4.27. The molecule has 2 aromatic rings. The summed E-state index contributed by atoms with van der Waals surface area (Å²) in [5, 5.41) is 7.42. The molecule has 92 valence electrons. The summed E-state index contributed by atoms with van der Waals surface area (Å²) in [5.41, 5.74) is 1.51. The maximum absolute atomic E-state index is 12.2. The van der Waals surface area contributed by atoms with E-state index in [9.17, 15) is 4.79 Å². The Morgan fingerprint density at radius 2 is 2.24 bits per heavy atom. The summed E-state index contributed by atoms with van der Waals surface area (Å²) < 4.78 is 3.37. The first-order chi connectivity index (χ1) is 8.15. The summed E-state index contributed by atoms with van der Waals surface area (Å²) in [5.74, 6) is 0. The number of nitrogens with one attached hydrogen (secondary N) is 1. The van der Waals surface area contributed by atoms with Crippen LogP contribution in [0.3, 0.4) is 0 Å². The Morgan fingerprint density at radius 3 is 2.88 bits per heavy atom. The van der Waals surface area contributed by atoms with E-state index in [1.165, 1.54) is 0 Å². The normalized spacial score (nSPS) is 13.1. The highest BCUT2D eigenvalue weighted by atomic mass is 16.1. The van der Waals surface area contributed by atoms with E-state index in [2.05, 4.69) is 17.3 Å². The number of likely N-dealkylation sites (N-methyl/N-ethyl adjacent to an activating group) is 1. The van der Waals surface area contributed by atoms with Gasteiger partial charge in [0.1, 0.15) is 5.52 Å². The molecule has 2 heterocycles. The smallest absolute Gasteiger partial charge is 0.276 e. The minimum absolute atomic E-state index is 0.0156. The molecule has 0 amide bonds. The molecule has 0 bridgehead atoms. The third kappa shape index (κ3) is 2.24. The summed E-state index contributed by atoms with van der Waals surface area (Å²) in [6, 6.07) is 2.14. The van der Waals surface area contributed by atoms with E-state index < -0.39 is 0 Å². The molecular formula is C12H18N4O. The van der Waals surface area contributed by atoms with Gasteiger partial charge in [-0.2, -0.15) is 5.10 Å². The van der Waals surface area contributed by atoms with Crippen LogP contribution < -0.4 is 10.9 Å². The molecule has 1 unspecified atom stereocenters. The molecule has 17 heavy (non-hydrogen) atoms. The molecule has 2 aromatic heterocycles. The van der Waals surface area contributed by atoms with Crippen LogP contribution in [-0.4, -0.2) is 27.3 Å². The lowest BCUT2D eigenvalue weighted by atomic mass is 10.2. The lowest BCUT2D eigenvalue weighted by Gasteiger charge is -2.15. The largest absolute Gasteiger partial charge is 0.315 e. The predicted molar refractivity (Wildman–Crippen MR) is 67.3 cm³/mol. The van der Waals surface area contributed by atoms with E-state index in [1.807, 2.05) is 26.2 Å². The van der Waals surface area contributed by atoms with Crippen molar-refractivity contribution in [2.45, 2.75) is 32.9 Å². The van der Waals surface area contributed by atoms with E-state index in [4.69, 9.17) is 0 Å². The quantitative estimate of drug-likeness (QED) is 0.851. The molecule has 5 heteroatoms. The Kier molecular flexibility index (Phi) is 3.28. The molecule has 0 saturated heterocycles. The fourth-order valence-electron chi connectivity index (χ4n) is 1.95. The fourth-order valence-corrected chi connectivity index (χ4v) is 1.95. The van der Waals surface area contributed by atoms with Crippen LogP contribution in [0.4, 0.5) is 0 Å². The van der Waals surface area contributed by atoms with E-state index in [1.54, 1.807) is 15.3 Å². The van der Waals surface area contributed by atoms with E-state index in [0.29, 0.717) is 18.1 Å². The van der Waals surface area contributed by atoms with Crippen LogP contribution in [0.15, 0.2) is 23.3 Å². The van der Waals surface area contributed by atoms with Gasteiger partial charge in [0, 0.05) is 25.0 Å². The van der Waals surface area contributed by atoms with Crippen molar-refractivity contribution in [1.82, 2.24) is 19.5 Å². The van der Waals surface area contributed by atoms with Gasteiger partial charge in [-0.3, -0.25) is 4.79 Å². The number of aromatic nitrogens is 3. The van der Waals surface area contributed by atoms with E-state index in [-0.39, 0.29) is 5.56 Å². The maximum Gasteiger partial charge on any atom is 0.276 e. The average molecular weight is 234 g/mol. The highest BCUT2D eigenvalue weighted by Gasteiger charge is 2.08. The molecule has 0 radical (unpaired) electrons. The second-order valence-corrected chi connectivity index (χ2v) is 4.27. The van der Waals surface area contributed by atoms with Crippen molar-refractivity contribution in [2.24, 2.45) is 0 Å². The zero-order valence-corrected chi connectivity index (χ0v) is 10.5. The monoisotopic (exact) mass is 234 g/mol. The van der Waals surface area contributed by atoms with Gasteiger partial charge in [0.2, 0.25) is 0 Å². The predicted octanol–water partition coefficient (Wildman–Crippen LogP) is 0.802. The topological polar surface area (TPSA) is 51.3 Å². The first-order valence-electron chi connectivity index (χ1n) is 5.88. The Labute approximate surface area is 100 Å². The zero-order chi connectivity index (χ0) is 12.4. The Morgan fingerprint density at radius 1 is 1.47 bits per heavy atom. The summed E-state index contributed by atoms with van der Waals surface area (Å²) in [7, 11) is 1.92. The Balaban J connectivity index is 2.42. The lowest BCUT2D eigenvalue weighted by molar-refractivity contribution is 0.461. The SMILES string of the molecule is CCC(Cn1ccn2nc(C)cc2c1=O)NC. The van der Waals surface area contributed by atoms with Gasteiger partial charge in [-0.1, -0.05) is 6.92 Å². The number of aryl methyl sites for hydroxylation is 1. The summed E-state index contributed by atoms with van der Waals surface area (Å²) in [6.45, 7) is 4.68. The van der Waals surface area contributed by atoms with Crippen molar-refractivity contribution >= 4 is 5.52 Å². The number of fused-ring (bicyclic) bond motifs is 1. The van der Waals surface area contributed by atoms with Crippen LogP contribution in [0, 0.1) is 6.92 Å². The molecule has 1 N–H and O–H groups in total. The van der Waals surface area contributed by atoms with Crippen molar-refractivity contribution in [2.75, 3.05) is 7.05 Å². The lowest BCUT2D eigenvalue weighted by Crippen LogP contribution is -2.34. The highest BCUT2D eigenvalue weighted by molar-refractivity contribution is 5.44. The number of hydrogen-bond acceptors (Lipinski definition) is 3.